The zero-order chi connectivity index (χ0) is 41.3. The molecule has 5 fully saturated rings. The fourth-order valence-corrected chi connectivity index (χ4v) is 8.06. The van der Waals surface area contributed by atoms with Crippen molar-refractivity contribution in [2.75, 3.05) is 6.61 Å². The summed E-state index contributed by atoms with van der Waals surface area (Å²) in [6.45, 7) is 8.90. The van der Waals surface area contributed by atoms with Crippen molar-refractivity contribution in [1.82, 2.24) is 0 Å². The van der Waals surface area contributed by atoms with Crippen LogP contribution in [0.4, 0.5) is 48.3 Å². The highest BCUT2D eigenvalue weighted by atomic mass is 19.4. The number of carbonyl (C=O) groups excluding carboxylic acids is 3. The van der Waals surface area contributed by atoms with Gasteiger partial charge in [0, 0.05) is 0 Å². The molecule has 4 bridgehead atoms. The maximum Gasteiger partial charge on any atom is 0.438 e. The summed E-state index contributed by atoms with van der Waals surface area (Å²) in [7, 11) is 0. The van der Waals surface area contributed by atoms with Crippen molar-refractivity contribution in [1.29, 1.82) is 0 Å². The molecule has 0 heterocycles. The molecule has 5 saturated carbocycles. The Bertz CT molecular complexity index is 1270. The van der Waals surface area contributed by atoms with Gasteiger partial charge in [0.05, 0.1) is 23.2 Å². The van der Waals surface area contributed by atoms with E-state index < -0.39 is 72.3 Å². The molecule has 0 spiro atoms. The first-order chi connectivity index (χ1) is 24.5. The van der Waals surface area contributed by atoms with Gasteiger partial charge in [0.25, 0.3) is 0 Å². The van der Waals surface area contributed by atoms with Crippen LogP contribution in [0, 0.1) is 34.5 Å². The molecular weight excluding hydrogens is 797 g/mol. The highest BCUT2D eigenvalue weighted by Crippen LogP contribution is 2.60. The van der Waals surface area contributed by atoms with E-state index in [4.69, 9.17) is 9.47 Å². The molecule has 0 aromatic heterocycles. The number of carbonyl (C=O) groups is 3. The number of hydrogen-bond donors (Lipinski definition) is 0. The van der Waals surface area contributed by atoms with Gasteiger partial charge >= 0.3 is 47.8 Å². The van der Waals surface area contributed by atoms with E-state index in [1.165, 1.54) is 40.0 Å². The highest BCUT2D eigenvalue weighted by Gasteiger charge is 2.90. The minimum atomic E-state index is -7.63. The van der Waals surface area contributed by atoms with Gasteiger partial charge < -0.3 is 14.2 Å². The van der Waals surface area contributed by atoms with E-state index in [1.807, 2.05) is 13.8 Å². The molecule has 0 aromatic carbocycles. The van der Waals surface area contributed by atoms with Gasteiger partial charge in [-0.25, -0.2) is 4.39 Å². The van der Waals surface area contributed by atoms with Gasteiger partial charge in [-0.05, 0) is 110 Å². The zero-order valence-electron chi connectivity index (χ0n) is 31.6. The average molecular weight is 867 g/mol. The molecule has 346 valence electrons. The first-order valence-electron chi connectivity index (χ1n) is 18.7. The molecule has 0 aliphatic heterocycles. The molecule has 17 heteroatoms. The highest BCUT2D eigenvalue weighted by molar-refractivity contribution is 5.76. The summed E-state index contributed by atoms with van der Waals surface area (Å²) in [5, 5.41) is 0. The number of rotatable bonds is 13. The van der Waals surface area contributed by atoms with E-state index in [1.54, 1.807) is 0 Å². The van der Waals surface area contributed by atoms with Crippen LogP contribution in [0.25, 0.3) is 0 Å². The molecule has 5 aliphatic rings. The molecule has 1 atom stereocenters. The van der Waals surface area contributed by atoms with E-state index in [0.29, 0.717) is 19.3 Å². The van der Waals surface area contributed by atoms with Gasteiger partial charge in [0.15, 0.2) is 0 Å². The van der Waals surface area contributed by atoms with Crippen molar-refractivity contribution in [2.45, 2.75) is 203 Å². The Labute approximate surface area is 338 Å². The maximum atomic E-state index is 14.4. The third-order valence-electron chi connectivity index (χ3n) is 11.9. The summed E-state index contributed by atoms with van der Waals surface area (Å²) >= 11 is 0. The number of ether oxygens (including phenoxy) is 3. The van der Waals surface area contributed by atoms with Crippen LogP contribution in [-0.4, -0.2) is 66.1 Å². The summed E-state index contributed by atoms with van der Waals surface area (Å²) in [5.41, 5.74) is -9.26. The van der Waals surface area contributed by atoms with Gasteiger partial charge in [0.1, 0.15) is 18.3 Å². The first-order valence-corrected chi connectivity index (χ1v) is 18.7. The van der Waals surface area contributed by atoms with E-state index in [2.05, 4.69) is 11.7 Å². The lowest BCUT2D eigenvalue weighted by Gasteiger charge is -2.56. The van der Waals surface area contributed by atoms with Crippen LogP contribution in [0.3, 0.4) is 0 Å². The molecule has 6 nitrogen and oxygen atoms in total. The second-order valence-electron chi connectivity index (χ2n) is 17.1. The largest absolute Gasteiger partial charge is 0.461 e. The van der Waals surface area contributed by atoms with Crippen molar-refractivity contribution in [3.8, 4) is 0 Å². The van der Waals surface area contributed by atoms with Crippen LogP contribution < -0.4 is 0 Å². The fraction of sp³-hybridized carbons (Fsp3) is 0.927. The zero-order valence-corrected chi connectivity index (χ0v) is 31.6. The predicted octanol–water partition coefficient (Wildman–Crippen LogP) is 13.4. The average Bonchev–Trinajstić information content (AvgIpc) is 3.05. The predicted molar refractivity (Wildman–Crippen MR) is 200 cm³/mol. The molecule has 1 unspecified atom stereocenters. The van der Waals surface area contributed by atoms with Crippen LogP contribution >= 0.6 is 0 Å². The molecule has 5 aliphatic carbocycles. The molecule has 0 amide bonds. The summed E-state index contributed by atoms with van der Waals surface area (Å²) in [5.74, 6) is -14.4. The summed E-state index contributed by atoms with van der Waals surface area (Å²) in [6, 6.07) is 0. The van der Waals surface area contributed by atoms with Crippen LogP contribution in [-0.2, 0) is 28.6 Å². The van der Waals surface area contributed by atoms with Crippen molar-refractivity contribution < 1.29 is 76.9 Å². The smallest absolute Gasteiger partial charge is 0.438 e. The molecule has 0 radical (unpaired) electrons. The number of halogens is 11. The second-order valence-corrected chi connectivity index (χ2v) is 17.1. The topological polar surface area (TPSA) is 78.9 Å². The standard InChI is InChI=1S/C21H27F11O4.C16H26O2.4CH4/c1-4-16(2,3)15(34)35-11-13(36-14(33)12-8-6-5-7-9-12)10-17(22,23)19(25,26)18(24,20(27,28)29)21(30,31)32;1-4-15(2,3)14(17)18-16-8-11-5-12(9-16)7-13(6-11)10-16;;;;/h12-13H,4-11H2,1-3H3;11-13H,4-10H2,1-3H3;4*1H4. The van der Waals surface area contributed by atoms with E-state index in [-0.39, 0.29) is 66.0 Å². The summed E-state index contributed by atoms with van der Waals surface area (Å²) in [6.07, 6.45) is -9.48. The lowest BCUT2D eigenvalue weighted by molar-refractivity contribution is -0.428. The normalized spacial score (nSPS) is 24.3. The van der Waals surface area contributed by atoms with E-state index >= 15 is 0 Å². The SMILES string of the molecule is C.C.C.C.CCC(C)(C)C(=O)OC12CC3CC(CC(C3)C1)C2.CCC(C)(C)C(=O)OCC(CC(F)(F)C(F)(F)C(F)(C(F)(F)F)C(F)(F)F)OC(=O)C1CCCCC1. The van der Waals surface area contributed by atoms with Crippen molar-refractivity contribution in [3.05, 3.63) is 0 Å². The maximum absolute atomic E-state index is 14.4. The van der Waals surface area contributed by atoms with Crippen LogP contribution in [0.5, 0.6) is 0 Å². The molecular formula is C41H69F11O6. The molecule has 0 saturated heterocycles. The van der Waals surface area contributed by atoms with Gasteiger partial charge in [0.2, 0.25) is 0 Å². The number of alkyl halides is 11. The van der Waals surface area contributed by atoms with Gasteiger partial charge in [-0.15, -0.1) is 0 Å². The number of esters is 3. The van der Waals surface area contributed by atoms with Gasteiger partial charge in [-0.3, -0.25) is 14.4 Å². The fourth-order valence-electron chi connectivity index (χ4n) is 8.06. The minimum absolute atomic E-state index is 0. The van der Waals surface area contributed by atoms with Crippen molar-refractivity contribution in [3.63, 3.8) is 0 Å². The van der Waals surface area contributed by atoms with Gasteiger partial charge in [-0.1, -0.05) is 62.8 Å². The number of hydrogen-bond acceptors (Lipinski definition) is 6. The Kier molecular flexibility index (Phi) is 20.4. The Balaban J connectivity index is 0. The second kappa shape index (κ2) is 20.5. The summed E-state index contributed by atoms with van der Waals surface area (Å²) in [4.78, 5) is 36.8. The molecule has 5 rings (SSSR count). The quantitative estimate of drug-likeness (QED) is 0.104. The van der Waals surface area contributed by atoms with Crippen LogP contribution in [0.2, 0.25) is 0 Å². The lowest BCUT2D eigenvalue weighted by Crippen LogP contribution is -2.70. The van der Waals surface area contributed by atoms with Crippen LogP contribution in [0.15, 0.2) is 0 Å². The van der Waals surface area contributed by atoms with Crippen molar-refractivity contribution >= 4 is 17.9 Å². The third-order valence-corrected chi connectivity index (χ3v) is 11.9. The minimum Gasteiger partial charge on any atom is -0.461 e. The lowest BCUT2D eigenvalue weighted by atomic mass is 9.54. The van der Waals surface area contributed by atoms with Crippen LogP contribution in [0.1, 0.15) is 161 Å². The molecule has 0 aromatic rings. The Morgan fingerprint density at radius 2 is 1.03 bits per heavy atom. The van der Waals surface area contributed by atoms with E-state index in [0.717, 1.165) is 43.4 Å². The van der Waals surface area contributed by atoms with Crippen molar-refractivity contribution in [2.24, 2.45) is 34.5 Å². The monoisotopic (exact) mass is 866 g/mol. The third kappa shape index (κ3) is 12.4. The Morgan fingerprint density at radius 1 is 0.638 bits per heavy atom. The Hall–Kier alpha value is -2.36. The summed E-state index contributed by atoms with van der Waals surface area (Å²) < 4.78 is 163. The molecule has 58 heavy (non-hydrogen) atoms. The van der Waals surface area contributed by atoms with Gasteiger partial charge in [-0.2, -0.15) is 43.9 Å². The van der Waals surface area contributed by atoms with E-state index in [9.17, 15) is 62.7 Å². The Morgan fingerprint density at radius 3 is 1.41 bits per heavy atom. The first kappa shape index (κ1) is 57.7. The molecule has 0 N–H and O–H groups in total.